The van der Waals surface area contributed by atoms with Crippen molar-refractivity contribution in [1.29, 1.82) is 5.26 Å². The van der Waals surface area contributed by atoms with Crippen molar-refractivity contribution in [3.8, 4) is 34.6 Å². The van der Waals surface area contributed by atoms with Gasteiger partial charge in [-0.15, -0.1) is 0 Å². The highest BCUT2D eigenvalue weighted by molar-refractivity contribution is 7.98. The molecule has 1 N–H and O–H groups in total. The minimum absolute atomic E-state index is 0.0374. The zero-order valence-electron chi connectivity index (χ0n) is 16.2. The van der Waals surface area contributed by atoms with Crippen LogP contribution < -0.4 is 19.8 Å². The van der Waals surface area contributed by atoms with Gasteiger partial charge >= 0.3 is 0 Å². The lowest BCUT2D eigenvalue weighted by atomic mass is 10.0. The molecule has 8 heteroatoms. The van der Waals surface area contributed by atoms with E-state index in [1.165, 1.54) is 11.8 Å². The zero-order chi connectivity index (χ0) is 20.8. The minimum Gasteiger partial charge on any atom is -0.496 e. The van der Waals surface area contributed by atoms with Crippen molar-refractivity contribution in [2.75, 3.05) is 20.5 Å². The lowest BCUT2D eigenvalue weighted by Gasteiger charge is -2.14. The molecule has 2 aromatic carbocycles. The first kappa shape index (κ1) is 20.3. The third-order valence-corrected chi connectivity index (χ3v) is 4.79. The van der Waals surface area contributed by atoms with Gasteiger partial charge < -0.3 is 19.2 Å². The Hall–Kier alpha value is -3.44. The highest BCUT2D eigenvalue weighted by atomic mass is 32.2. The molecule has 7 nitrogen and oxygen atoms in total. The van der Waals surface area contributed by atoms with Crippen LogP contribution in [0.3, 0.4) is 0 Å². The van der Waals surface area contributed by atoms with Crippen LogP contribution in [0.1, 0.15) is 11.1 Å². The number of aromatic amines is 1. The summed E-state index contributed by atoms with van der Waals surface area (Å²) in [5, 5.41) is 9.86. The predicted octanol–water partition coefficient (Wildman–Crippen LogP) is 3.63. The molecule has 148 valence electrons. The monoisotopic (exact) mass is 409 g/mol. The second-order valence-electron chi connectivity index (χ2n) is 5.88. The maximum absolute atomic E-state index is 12.2. The van der Waals surface area contributed by atoms with Crippen LogP contribution in [0.2, 0.25) is 0 Å². The number of ether oxygens (including phenoxy) is 3. The second kappa shape index (κ2) is 9.17. The maximum Gasteiger partial charge on any atom is 0.270 e. The Morgan fingerprint density at radius 1 is 1.10 bits per heavy atom. The zero-order valence-corrected chi connectivity index (χ0v) is 17.0. The number of nitriles is 1. The van der Waals surface area contributed by atoms with Crippen LogP contribution in [-0.4, -0.2) is 30.4 Å². The summed E-state index contributed by atoms with van der Waals surface area (Å²) in [6.45, 7) is 0.206. The number of nitrogens with zero attached hydrogens (tertiary/aromatic N) is 2. The molecule has 3 rings (SSSR count). The first-order chi connectivity index (χ1) is 14.1. The summed E-state index contributed by atoms with van der Waals surface area (Å²) in [6, 6.07) is 14.6. The van der Waals surface area contributed by atoms with Crippen molar-refractivity contribution in [3.05, 3.63) is 63.9 Å². The quantitative estimate of drug-likeness (QED) is 0.470. The molecule has 0 aliphatic rings. The Bertz CT molecular complexity index is 1120. The van der Waals surface area contributed by atoms with Crippen molar-refractivity contribution in [3.63, 3.8) is 0 Å². The first-order valence-electron chi connectivity index (χ1n) is 8.62. The van der Waals surface area contributed by atoms with E-state index < -0.39 is 5.56 Å². The molecular formula is C21H19N3O4S. The number of H-pyrrole nitrogens is 1. The molecule has 3 aromatic rings. The molecule has 0 amide bonds. The molecule has 1 heterocycles. The Morgan fingerprint density at radius 3 is 2.48 bits per heavy atom. The van der Waals surface area contributed by atoms with E-state index in [-0.39, 0.29) is 12.2 Å². The van der Waals surface area contributed by atoms with E-state index in [9.17, 15) is 10.1 Å². The average Bonchev–Trinajstić information content (AvgIpc) is 2.76. The molecule has 1 aromatic heterocycles. The van der Waals surface area contributed by atoms with Gasteiger partial charge in [-0.05, 0) is 36.6 Å². The molecule has 29 heavy (non-hydrogen) atoms. The van der Waals surface area contributed by atoms with E-state index in [4.69, 9.17) is 14.2 Å². The van der Waals surface area contributed by atoms with Gasteiger partial charge in [0.15, 0.2) is 16.7 Å². The topological polar surface area (TPSA) is 97.2 Å². The molecule has 0 bridgehead atoms. The number of methoxy groups -OCH3 is 2. The number of nitrogens with one attached hydrogen (secondary N) is 1. The van der Waals surface area contributed by atoms with Gasteiger partial charge in [-0.2, -0.15) is 5.26 Å². The van der Waals surface area contributed by atoms with E-state index in [2.05, 4.69) is 9.97 Å². The van der Waals surface area contributed by atoms with Crippen molar-refractivity contribution >= 4 is 11.8 Å². The number of thioether (sulfide) groups is 1. The summed E-state index contributed by atoms with van der Waals surface area (Å²) in [4.78, 5) is 19.2. The highest BCUT2D eigenvalue weighted by Crippen LogP contribution is 2.31. The van der Waals surface area contributed by atoms with Crippen molar-refractivity contribution in [2.45, 2.75) is 11.8 Å². The lowest BCUT2D eigenvalue weighted by molar-refractivity contribution is 0.278. The fraction of sp³-hybridized carbons (Fsp3) is 0.190. The molecule has 0 atom stereocenters. The number of benzene rings is 2. The van der Waals surface area contributed by atoms with Gasteiger partial charge in [0.1, 0.15) is 24.0 Å². The molecule has 0 aliphatic carbocycles. The molecule has 0 saturated carbocycles. The van der Waals surface area contributed by atoms with E-state index in [0.717, 1.165) is 5.56 Å². The number of rotatable bonds is 7. The molecule has 0 unspecified atom stereocenters. The molecule has 0 saturated heterocycles. The maximum atomic E-state index is 12.2. The van der Waals surface area contributed by atoms with Gasteiger partial charge in [0, 0.05) is 11.1 Å². The summed E-state index contributed by atoms with van der Waals surface area (Å²) in [5.74, 6) is 1.84. The van der Waals surface area contributed by atoms with Gasteiger partial charge in [-0.1, -0.05) is 23.9 Å². The summed E-state index contributed by atoms with van der Waals surface area (Å²) in [5.41, 5.74) is 1.19. The van der Waals surface area contributed by atoms with Crippen LogP contribution in [0.4, 0.5) is 0 Å². The van der Waals surface area contributed by atoms with Gasteiger partial charge in [-0.3, -0.25) is 4.79 Å². The number of hydrogen-bond donors (Lipinski definition) is 1. The molecule has 0 fully saturated rings. The molecule has 0 radical (unpaired) electrons. The SMILES string of the molecule is COc1ccc(-c2nc(SC)[nH]c(=O)c2C#N)cc1COc1ccccc1OC. The van der Waals surface area contributed by atoms with E-state index in [1.807, 2.05) is 30.3 Å². The van der Waals surface area contributed by atoms with Crippen LogP contribution in [0.5, 0.6) is 17.2 Å². The van der Waals surface area contributed by atoms with Crippen LogP contribution in [0.25, 0.3) is 11.3 Å². The van der Waals surface area contributed by atoms with Crippen molar-refractivity contribution in [2.24, 2.45) is 0 Å². The standard InChI is InChI=1S/C21H19N3O4S/c1-26-16-9-8-13(19-15(11-22)20(25)24-21(23-19)29-3)10-14(16)12-28-18-7-5-4-6-17(18)27-2/h4-10H,12H2,1-3H3,(H,23,24,25). The summed E-state index contributed by atoms with van der Waals surface area (Å²) >= 11 is 1.30. The first-order valence-corrected chi connectivity index (χ1v) is 9.85. The summed E-state index contributed by atoms with van der Waals surface area (Å²) in [6.07, 6.45) is 1.80. The number of hydrogen-bond acceptors (Lipinski definition) is 7. The fourth-order valence-electron chi connectivity index (χ4n) is 2.79. The largest absolute Gasteiger partial charge is 0.496 e. The van der Waals surface area contributed by atoms with E-state index in [0.29, 0.717) is 33.7 Å². The van der Waals surface area contributed by atoms with E-state index >= 15 is 0 Å². The summed E-state index contributed by atoms with van der Waals surface area (Å²) in [7, 11) is 3.15. The lowest BCUT2D eigenvalue weighted by Crippen LogP contribution is -2.14. The second-order valence-corrected chi connectivity index (χ2v) is 6.67. The van der Waals surface area contributed by atoms with Crippen molar-refractivity contribution in [1.82, 2.24) is 9.97 Å². The molecule has 0 spiro atoms. The Kier molecular flexibility index (Phi) is 6.42. The minimum atomic E-state index is -0.468. The third kappa shape index (κ3) is 4.36. The number of para-hydroxylation sites is 2. The van der Waals surface area contributed by atoms with E-state index in [1.54, 1.807) is 38.7 Å². The average molecular weight is 409 g/mol. The normalized spacial score (nSPS) is 10.3. The van der Waals surface area contributed by atoms with Gasteiger partial charge in [-0.25, -0.2) is 4.98 Å². The summed E-state index contributed by atoms with van der Waals surface area (Å²) < 4.78 is 16.7. The van der Waals surface area contributed by atoms with Gasteiger partial charge in [0.05, 0.1) is 19.9 Å². The van der Waals surface area contributed by atoms with Crippen LogP contribution in [0.15, 0.2) is 52.4 Å². The third-order valence-electron chi connectivity index (χ3n) is 4.21. The predicted molar refractivity (Wildman–Crippen MR) is 111 cm³/mol. The highest BCUT2D eigenvalue weighted by Gasteiger charge is 2.16. The van der Waals surface area contributed by atoms with Crippen LogP contribution >= 0.6 is 11.8 Å². The van der Waals surface area contributed by atoms with Crippen molar-refractivity contribution < 1.29 is 14.2 Å². The van der Waals surface area contributed by atoms with Crippen LogP contribution in [-0.2, 0) is 6.61 Å². The smallest absolute Gasteiger partial charge is 0.270 e. The van der Waals surface area contributed by atoms with Gasteiger partial charge in [0.25, 0.3) is 5.56 Å². The Labute approximate surface area is 172 Å². The fourth-order valence-corrected chi connectivity index (χ4v) is 3.17. The Morgan fingerprint density at radius 2 is 1.83 bits per heavy atom. The molecular weight excluding hydrogens is 390 g/mol. The molecule has 0 aliphatic heterocycles. The number of aromatic nitrogens is 2. The van der Waals surface area contributed by atoms with Gasteiger partial charge in [0.2, 0.25) is 0 Å². The Balaban J connectivity index is 2.01. The van der Waals surface area contributed by atoms with Crippen LogP contribution in [0, 0.1) is 11.3 Å².